The Hall–Kier alpha value is -1.49. The summed E-state index contributed by atoms with van der Waals surface area (Å²) in [7, 11) is 0. The SMILES string of the molecule is CCOC(=O)c1cnc(C(CC)OCC)nc1C(C)C. The van der Waals surface area contributed by atoms with E-state index < -0.39 is 0 Å². The van der Waals surface area contributed by atoms with E-state index in [4.69, 9.17) is 9.47 Å². The van der Waals surface area contributed by atoms with Crippen molar-refractivity contribution in [2.24, 2.45) is 0 Å². The van der Waals surface area contributed by atoms with Crippen LogP contribution >= 0.6 is 0 Å². The number of carbonyl (C=O) groups is 1. The molecule has 0 saturated heterocycles. The minimum absolute atomic E-state index is 0.121. The molecule has 20 heavy (non-hydrogen) atoms. The van der Waals surface area contributed by atoms with Crippen LogP contribution in [0.5, 0.6) is 0 Å². The number of aromatic nitrogens is 2. The van der Waals surface area contributed by atoms with Gasteiger partial charge in [0.1, 0.15) is 6.10 Å². The monoisotopic (exact) mass is 280 g/mol. The van der Waals surface area contributed by atoms with Gasteiger partial charge in [-0.2, -0.15) is 0 Å². The summed E-state index contributed by atoms with van der Waals surface area (Å²) in [6.45, 7) is 10.7. The molecule has 0 N–H and O–H groups in total. The summed E-state index contributed by atoms with van der Waals surface area (Å²) in [5.41, 5.74) is 1.16. The summed E-state index contributed by atoms with van der Waals surface area (Å²) in [5.74, 6) is 0.383. The summed E-state index contributed by atoms with van der Waals surface area (Å²) in [4.78, 5) is 20.7. The van der Waals surface area contributed by atoms with Gasteiger partial charge in [-0.3, -0.25) is 0 Å². The van der Waals surface area contributed by atoms with Crippen LogP contribution in [0.25, 0.3) is 0 Å². The van der Waals surface area contributed by atoms with Gasteiger partial charge in [0.25, 0.3) is 0 Å². The van der Waals surface area contributed by atoms with Crippen molar-refractivity contribution in [3.05, 3.63) is 23.3 Å². The molecule has 0 aromatic carbocycles. The predicted octanol–water partition coefficient (Wildman–Crippen LogP) is 3.26. The van der Waals surface area contributed by atoms with E-state index in [1.165, 1.54) is 0 Å². The predicted molar refractivity (Wildman–Crippen MR) is 76.7 cm³/mol. The van der Waals surface area contributed by atoms with Crippen LogP contribution in [0.2, 0.25) is 0 Å². The summed E-state index contributed by atoms with van der Waals surface area (Å²) >= 11 is 0. The highest BCUT2D eigenvalue weighted by atomic mass is 16.5. The second-order valence-corrected chi connectivity index (χ2v) is 4.75. The molecule has 0 aliphatic carbocycles. The second-order valence-electron chi connectivity index (χ2n) is 4.75. The van der Waals surface area contributed by atoms with Crippen LogP contribution in [0.15, 0.2) is 6.20 Å². The first kappa shape index (κ1) is 16.6. The van der Waals surface area contributed by atoms with Crippen LogP contribution in [0, 0.1) is 0 Å². The third-order valence-corrected chi connectivity index (χ3v) is 2.91. The molecule has 1 unspecified atom stereocenters. The molecule has 0 aliphatic heterocycles. The molecule has 1 rings (SSSR count). The Morgan fingerprint density at radius 1 is 1.25 bits per heavy atom. The van der Waals surface area contributed by atoms with E-state index in [0.717, 1.165) is 6.42 Å². The number of rotatable bonds is 7. The fourth-order valence-corrected chi connectivity index (χ4v) is 1.95. The molecular weight excluding hydrogens is 256 g/mol. The van der Waals surface area contributed by atoms with Gasteiger partial charge in [0, 0.05) is 12.8 Å². The molecule has 0 aliphatic rings. The Balaban J connectivity index is 3.15. The van der Waals surface area contributed by atoms with Crippen molar-refractivity contribution in [1.82, 2.24) is 9.97 Å². The van der Waals surface area contributed by atoms with Crippen molar-refractivity contribution in [2.45, 2.75) is 53.1 Å². The van der Waals surface area contributed by atoms with Crippen LogP contribution in [0.3, 0.4) is 0 Å². The molecule has 5 heteroatoms. The zero-order valence-electron chi connectivity index (χ0n) is 13.0. The molecule has 1 aromatic rings. The maximum atomic E-state index is 11.9. The van der Waals surface area contributed by atoms with E-state index in [9.17, 15) is 4.79 Å². The molecule has 0 spiro atoms. The highest BCUT2D eigenvalue weighted by molar-refractivity contribution is 5.90. The van der Waals surface area contributed by atoms with Gasteiger partial charge in [-0.15, -0.1) is 0 Å². The quantitative estimate of drug-likeness (QED) is 0.717. The van der Waals surface area contributed by atoms with Gasteiger partial charge in [0.15, 0.2) is 5.82 Å². The zero-order chi connectivity index (χ0) is 15.1. The number of ether oxygens (including phenoxy) is 2. The van der Waals surface area contributed by atoms with Crippen molar-refractivity contribution >= 4 is 5.97 Å². The van der Waals surface area contributed by atoms with E-state index in [2.05, 4.69) is 9.97 Å². The van der Waals surface area contributed by atoms with Crippen molar-refractivity contribution in [1.29, 1.82) is 0 Å². The first-order chi connectivity index (χ1) is 9.54. The number of hydrogen-bond acceptors (Lipinski definition) is 5. The highest BCUT2D eigenvalue weighted by Gasteiger charge is 2.21. The number of nitrogens with zero attached hydrogens (tertiary/aromatic N) is 2. The molecule has 5 nitrogen and oxygen atoms in total. The van der Waals surface area contributed by atoms with Crippen LogP contribution in [0.4, 0.5) is 0 Å². The minimum Gasteiger partial charge on any atom is -0.462 e. The highest BCUT2D eigenvalue weighted by Crippen LogP contribution is 2.22. The summed E-state index contributed by atoms with van der Waals surface area (Å²) < 4.78 is 10.7. The lowest BCUT2D eigenvalue weighted by Crippen LogP contribution is -2.16. The zero-order valence-corrected chi connectivity index (χ0v) is 13.0. The molecular formula is C15H24N2O3. The fourth-order valence-electron chi connectivity index (χ4n) is 1.95. The van der Waals surface area contributed by atoms with Crippen LogP contribution in [-0.4, -0.2) is 29.2 Å². The normalized spacial score (nSPS) is 12.5. The maximum Gasteiger partial charge on any atom is 0.341 e. The molecule has 112 valence electrons. The van der Waals surface area contributed by atoms with Crippen molar-refractivity contribution in [2.75, 3.05) is 13.2 Å². The summed E-state index contributed by atoms with van der Waals surface area (Å²) in [6, 6.07) is 0. The molecule has 1 aromatic heterocycles. The molecule has 0 fully saturated rings. The lowest BCUT2D eigenvalue weighted by molar-refractivity contribution is 0.0503. The molecule has 1 heterocycles. The second kappa shape index (κ2) is 7.94. The lowest BCUT2D eigenvalue weighted by atomic mass is 10.0. The minimum atomic E-state index is -0.368. The first-order valence-electron chi connectivity index (χ1n) is 7.20. The Morgan fingerprint density at radius 3 is 2.45 bits per heavy atom. The van der Waals surface area contributed by atoms with Crippen molar-refractivity contribution in [3.8, 4) is 0 Å². The van der Waals surface area contributed by atoms with Crippen LogP contribution < -0.4 is 0 Å². The number of carbonyl (C=O) groups excluding carboxylic acids is 1. The Bertz CT molecular complexity index is 447. The Morgan fingerprint density at radius 2 is 1.95 bits per heavy atom. The van der Waals surface area contributed by atoms with E-state index in [0.29, 0.717) is 30.3 Å². The van der Waals surface area contributed by atoms with E-state index in [1.54, 1.807) is 13.1 Å². The molecule has 0 radical (unpaired) electrons. The van der Waals surface area contributed by atoms with Crippen molar-refractivity contribution < 1.29 is 14.3 Å². The first-order valence-corrected chi connectivity index (χ1v) is 7.20. The molecule has 0 saturated carbocycles. The largest absolute Gasteiger partial charge is 0.462 e. The Kier molecular flexibility index (Phi) is 6.58. The van der Waals surface area contributed by atoms with E-state index in [1.807, 2.05) is 27.7 Å². The van der Waals surface area contributed by atoms with E-state index in [-0.39, 0.29) is 18.0 Å². The lowest BCUT2D eigenvalue weighted by Gasteiger charge is -2.17. The number of hydrogen-bond donors (Lipinski definition) is 0. The maximum absolute atomic E-state index is 11.9. The molecule has 1 atom stereocenters. The van der Waals surface area contributed by atoms with Gasteiger partial charge in [-0.1, -0.05) is 20.8 Å². The van der Waals surface area contributed by atoms with Gasteiger partial charge in [0.05, 0.1) is 17.9 Å². The van der Waals surface area contributed by atoms with Gasteiger partial charge in [-0.05, 0) is 26.2 Å². The Labute approximate surface area is 120 Å². The van der Waals surface area contributed by atoms with Crippen LogP contribution in [-0.2, 0) is 9.47 Å². The summed E-state index contributed by atoms with van der Waals surface area (Å²) in [5, 5.41) is 0. The van der Waals surface area contributed by atoms with Crippen molar-refractivity contribution in [3.63, 3.8) is 0 Å². The van der Waals surface area contributed by atoms with E-state index >= 15 is 0 Å². The average Bonchev–Trinajstić information content (AvgIpc) is 2.44. The standard InChI is InChI=1S/C15H24N2O3/c1-6-12(19-7-2)14-16-9-11(15(18)20-8-3)13(17-14)10(4)5/h9-10,12H,6-8H2,1-5H3. The fraction of sp³-hybridized carbons (Fsp3) is 0.667. The van der Waals surface area contributed by atoms with Gasteiger partial charge >= 0.3 is 5.97 Å². The van der Waals surface area contributed by atoms with Gasteiger partial charge < -0.3 is 9.47 Å². The summed E-state index contributed by atoms with van der Waals surface area (Å²) in [6.07, 6.45) is 2.22. The topological polar surface area (TPSA) is 61.3 Å². The third kappa shape index (κ3) is 4.00. The third-order valence-electron chi connectivity index (χ3n) is 2.91. The van der Waals surface area contributed by atoms with Crippen LogP contribution in [0.1, 0.15) is 74.9 Å². The van der Waals surface area contributed by atoms with Gasteiger partial charge in [0.2, 0.25) is 0 Å². The molecule has 0 bridgehead atoms. The smallest absolute Gasteiger partial charge is 0.341 e. The average molecular weight is 280 g/mol. The molecule has 0 amide bonds. The number of esters is 1. The van der Waals surface area contributed by atoms with Gasteiger partial charge in [-0.25, -0.2) is 14.8 Å².